The first kappa shape index (κ1) is 21.2. The number of aromatic nitrogens is 1. The lowest BCUT2D eigenvalue weighted by Gasteiger charge is -2.11. The van der Waals surface area contributed by atoms with Crippen molar-refractivity contribution in [3.63, 3.8) is 0 Å². The number of nitrogens with one attached hydrogen (secondary N) is 2. The molecule has 1 fully saturated rings. The van der Waals surface area contributed by atoms with Crippen molar-refractivity contribution >= 4 is 38.2 Å². The van der Waals surface area contributed by atoms with Gasteiger partial charge < -0.3 is 15.6 Å². The molecule has 1 saturated carbocycles. The van der Waals surface area contributed by atoms with E-state index in [0.29, 0.717) is 29.4 Å². The summed E-state index contributed by atoms with van der Waals surface area (Å²) >= 11 is 0. The Kier molecular flexibility index (Phi) is 5.66. The molecule has 1 heterocycles. The molecule has 4 rings (SSSR count). The standard InChI is InChI=1S/C23H28N4O3S/c1-3-27-20-13-17(23(28)25-14-15-5-6-15)9-12-19(20)21(24)22(27)16-7-10-18(11-8-16)26-31(29,30)4-2/h7-13,15,26H,3-6,14,24H2,1-2H3,(H,25,28). The Bertz CT molecular complexity index is 1230. The third-order valence-corrected chi connectivity index (χ3v) is 7.05. The van der Waals surface area contributed by atoms with E-state index in [9.17, 15) is 13.2 Å². The van der Waals surface area contributed by atoms with Gasteiger partial charge in [-0.05, 0) is 62.9 Å². The summed E-state index contributed by atoms with van der Waals surface area (Å²) in [5, 5.41) is 3.91. The Hall–Kier alpha value is -3.00. The number of hydrogen-bond acceptors (Lipinski definition) is 4. The first-order chi connectivity index (χ1) is 14.8. The average molecular weight is 441 g/mol. The quantitative estimate of drug-likeness (QED) is 0.495. The second kappa shape index (κ2) is 8.26. The Morgan fingerprint density at radius 1 is 1.13 bits per heavy atom. The summed E-state index contributed by atoms with van der Waals surface area (Å²) in [5.74, 6) is 0.576. The van der Waals surface area contributed by atoms with E-state index in [1.54, 1.807) is 19.1 Å². The number of rotatable bonds is 8. The Morgan fingerprint density at radius 3 is 2.45 bits per heavy atom. The van der Waals surface area contributed by atoms with Gasteiger partial charge >= 0.3 is 0 Å². The molecule has 0 saturated heterocycles. The van der Waals surface area contributed by atoms with Gasteiger partial charge in [0, 0.05) is 35.3 Å². The molecule has 4 N–H and O–H groups in total. The third kappa shape index (κ3) is 4.39. The van der Waals surface area contributed by atoms with Crippen molar-refractivity contribution in [2.45, 2.75) is 33.2 Å². The van der Waals surface area contributed by atoms with Gasteiger partial charge in [0.15, 0.2) is 0 Å². The molecule has 0 atom stereocenters. The maximum absolute atomic E-state index is 12.6. The molecular weight excluding hydrogens is 412 g/mol. The molecule has 1 aromatic heterocycles. The number of carbonyl (C=O) groups is 1. The first-order valence-electron chi connectivity index (χ1n) is 10.6. The molecule has 2 aromatic carbocycles. The first-order valence-corrected chi connectivity index (χ1v) is 12.3. The molecule has 1 aliphatic rings. The minimum atomic E-state index is -3.33. The fourth-order valence-corrected chi connectivity index (χ4v) is 4.41. The molecule has 7 nitrogen and oxygen atoms in total. The van der Waals surface area contributed by atoms with Gasteiger partial charge in [-0.15, -0.1) is 0 Å². The van der Waals surface area contributed by atoms with Gasteiger partial charge in [-0.3, -0.25) is 9.52 Å². The summed E-state index contributed by atoms with van der Waals surface area (Å²) in [7, 11) is -3.33. The van der Waals surface area contributed by atoms with Gasteiger partial charge in [-0.2, -0.15) is 0 Å². The highest BCUT2D eigenvalue weighted by Crippen LogP contribution is 2.37. The van der Waals surface area contributed by atoms with E-state index < -0.39 is 10.0 Å². The molecule has 31 heavy (non-hydrogen) atoms. The molecular formula is C23H28N4O3S. The highest BCUT2D eigenvalue weighted by atomic mass is 32.2. The zero-order chi connectivity index (χ0) is 22.2. The van der Waals surface area contributed by atoms with Crippen molar-refractivity contribution in [2.24, 2.45) is 5.92 Å². The normalized spacial score (nSPS) is 14.0. The van der Waals surface area contributed by atoms with Crippen LogP contribution in [0, 0.1) is 5.92 Å². The fraction of sp³-hybridized carbons (Fsp3) is 0.348. The number of sulfonamides is 1. The summed E-state index contributed by atoms with van der Waals surface area (Å²) in [4.78, 5) is 12.6. The summed E-state index contributed by atoms with van der Waals surface area (Å²) in [6.07, 6.45) is 2.38. The van der Waals surface area contributed by atoms with Gasteiger partial charge in [-0.25, -0.2) is 8.42 Å². The SMILES string of the molecule is CCn1c(-c2ccc(NS(=O)(=O)CC)cc2)c(N)c2ccc(C(=O)NCC3CC3)cc21. The van der Waals surface area contributed by atoms with Gasteiger partial charge in [0.2, 0.25) is 10.0 Å². The van der Waals surface area contributed by atoms with E-state index in [0.717, 1.165) is 28.7 Å². The number of aryl methyl sites for hydroxylation is 1. The zero-order valence-corrected chi connectivity index (χ0v) is 18.6. The van der Waals surface area contributed by atoms with Crippen LogP contribution in [-0.4, -0.2) is 31.2 Å². The second-order valence-corrected chi connectivity index (χ2v) is 9.99. The van der Waals surface area contributed by atoms with Crippen LogP contribution >= 0.6 is 0 Å². The largest absolute Gasteiger partial charge is 0.396 e. The lowest BCUT2D eigenvalue weighted by molar-refractivity contribution is 0.0952. The minimum absolute atomic E-state index is 0.0162. The Balaban J connectivity index is 1.68. The van der Waals surface area contributed by atoms with Crippen LogP contribution in [-0.2, 0) is 16.6 Å². The zero-order valence-electron chi connectivity index (χ0n) is 17.8. The molecule has 8 heteroatoms. The molecule has 0 radical (unpaired) electrons. The van der Waals surface area contributed by atoms with Crippen LogP contribution in [0.4, 0.5) is 11.4 Å². The van der Waals surface area contributed by atoms with Crippen LogP contribution in [0.15, 0.2) is 42.5 Å². The number of carbonyl (C=O) groups excluding carboxylic acids is 1. The number of nitrogens with zero attached hydrogens (tertiary/aromatic N) is 1. The van der Waals surface area contributed by atoms with E-state index in [4.69, 9.17) is 5.73 Å². The monoisotopic (exact) mass is 440 g/mol. The molecule has 1 aliphatic carbocycles. The lowest BCUT2D eigenvalue weighted by atomic mass is 10.1. The van der Waals surface area contributed by atoms with E-state index in [1.807, 2.05) is 37.3 Å². The van der Waals surface area contributed by atoms with Crippen LogP contribution in [0.1, 0.15) is 37.0 Å². The van der Waals surface area contributed by atoms with Crippen molar-refractivity contribution in [1.82, 2.24) is 9.88 Å². The van der Waals surface area contributed by atoms with Crippen LogP contribution in [0.2, 0.25) is 0 Å². The van der Waals surface area contributed by atoms with Crippen molar-refractivity contribution in [2.75, 3.05) is 22.8 Å². The van der Waals surface area contributed by atoms with E-state index >= 15 is 0 Å². The number of anilines is 2. The molecule has 3 aromatic rings. The van der Waals surface area contributed by atoms with Gasteiger partial charge in [-0.1, -0.05) is 12.1 Å². The number of fused-ring (bicyclic) bond motifs is 1. The maximum Gasteiger partial charge on any atom is 0.251 e. The molecule has 0 bridgehead atoms. The summed E-state index contributed by atoms with van der Waals surface area (Å²) < 4.78 is 28.2. The summed E-state index contributed by atoms with van der Waals surface area (Å²) in [6, 6.07) is 12.8. The minimum Gasteiger partial charge on any atom is -0.396 e. The molecule has 0 unspecified atom stereocenters. The van der Waals surface area contributed by atoms with E-state index in [-0.39, 0.29) is 11.7 Å². The van der Waals surface area contributed by atoms with Crippen LogP contribution in [0.25, 0.3) is 22.2 Å². The smallest absolute Gasteiger partial charge is 0.251 e. The Labute approximate surface area is 182 Å². The second-order valence-electron chi connectivity index (χ2n) is 7.97. The van der Waals surface area contributed by atoms with Gasteiger partial charge in [0.1, 0.15) is 0 Å². The highest BCUT2D eigenvalue weighted by molar-refractivity contribution is 7.92. The number of hydrogen-bond donors (Lipinski definition) is 3. The molecule has 0 spiro atoms. The number of amides is 1. The van der Waals surface area contributed by atoms with E-state index in [1.165, 1.54) is 12.8 Å². The predicted octanol–water partition coefficient (Wildman–Crippen LogP) is 3.81. The van der Waals surface area contributed by atoms with Crippen molar-refractivity contribution in [3.05, 3.63) is 48.0 Å². The summed E-state index contributed by atoms with van der Waals surface area (Å²) in [6.45, 7) is 5.04. The van der Waals surface area contributed by atoms with Crippen molar-refractivity contribution < 1.29 is 13.2 Å². The summed E-state index contributed by atoms with van der Waals surface area (Å²) in [5.41, 5.74) is 10.9. The molecule has 1 amide bonds. The number of nitrogens with two attached hydrogens (primary N) is 1. The van der Waals surface area contributed by atoms with Crippen molar-refractivity contribution in [1.29, 1.82) is 0 Å². The fourth-order valence-electron chi connectivity index (χ4n) is 3.77. The average Bonchev–Trinajstić information content (AvgIpc) is 3.55. The topological polar surface area (TPSA) is 106 Å². The van der Waals surface area contributed by atoms with Crippen molar-refractivity contribution in [3.8, 4) is 11.3 Å². The highest BCUT2D eigenvalue weighted by Gasteiger charge is 2.22. The van der Waals surface area contributed by atoms with Crippen LogP contribution in [0.3, 0.4) is 0 Å². The third-order valence-electron chi connectivity index (χ3n) is 5.74. The van der Waals surface area contributed by atoms with E-state index in [2.05, 4.69) is 14.6 Å². The lowest BCUT2D eigenvalue weighted by Crippen LogP contribution is -2.25. The molecule has 0 aliphatic heterocycles. The number of benzene rings is 2. The van der Waals surface area contributed by atoms with Crippen LogP contribution < -0.4 is 15.8 Å². The maximum atomic E-state index is 12.6. The number of nitrogen functional groups attached to an aromatic ring is 1. The Morgan fingerprint density at radius 2 is 1.84 bits per heavy atom. The van der Waals surface area contributed by atoms with Crippen LogP contribution in [0.5, 0.6) is 0 Å². The van der Waals surface area contributed by atoms with Gasteiger partial charge in [0.05, 0.1) is 22.7 Å². The van der Waals surface area contributed by atoms with Gasteiger partial charge in [0.25, 0.3) is 5.91 Å². The molecule has 164 valence electrons. The predicted molar refractivity (Wildman–Crippen MR) is 126 cm³/mol.